The fourth-order valence-corrected chi connectivity index (χ4v) is 3.03. The van der Waals surface area contributed by atoms with Crippen molar-refractivity contribution in [1.29, 1.82) is 0 Å². The Labute approximate surface area is 103 Å². The summed E-state index contributed by atoms with van der Waals surface area (Å²) < 4.78 is 1.05. The quantitative estimate of drug-likeness (QED) is 0.801. The molecule has 0 bridgehead atoms. The number of benzene rings is 1. The first-order valence-corrected chi connectivity index (χ1v) is 6.34. The summed E-state index contributed by atoms with van der Waals surface area (Å²) in [6.07, 6.45) is 3.32. The third-order valence-corrected chi connectivity index (χ3v) is 4.02. The fourth-order valence-electron chi connectivity index (χ4n) is 2.50. The second-order valence-corrected chi connectivity index (χ2v) is 5.25. The van der Waals surface area contributed by atoms with Gasteiger partial charge >= 0.3 is 0 Å². The van der Waals surface area contributed by atoms with Crippen molar-refractivity contribution >= 4 is 32.5 Å². The fraction of sp³-hybridized carbons (Fsp3) is 0.308. The number of pyridine rings is 1. The number of nitrogens with two attached hydrogens (primary N) is 1. The molecule has 0 atom stereocenters. The van der Waals surface area contributed by atoms with Crippen molar-refractivity contribution in [3.63, 3.8) is 0 Å². The highest BCUT2D eigenvalue weighted by Crippen LogP contribution is 2.36. The van der Waals surface area contributed by atoms with E-state index in [1.165, 1.54) is 23.2 Å². The first-order chi connectivity index (χ1) is 7.68. The minimum atomic E-state index is 0.924. The molecule has 0 fully saturated rings. The number of fused-ring (bicyclic) bond motifs is 2. The number of aromatic nitrogens is 1. The van der Waals surface area contributed by atoms with E-state index in [1.54, 1.807) is 0 Å². The molecule has 2 aromatic rings. The van der Waals surface area contributed by atoms with Crippen molar-refractivity contribution in [1.82, 2.24) is 4.98 Å². The predicted molar refractivity (Wildman–Crippen MR) is 70.6 cm³/mol. The summed E-state index contributed by atoms with van der Waals surface area (Å²) in [7, 11) is 0. The van der Waals surface area contributed by atoms with E-state index in [4.69, 9.17) is 10.7 Å². The summed E-state index contributed by atoms with van der Waals surface area (Å²) >= 11 is 3.57. The third-order valence-electron chi connectivity index (χ3n) is 3.36. The molecule has 0 saturated heterocycles. The molecule has 1 aromatic heterocycles. The second-order valence-electron chi connectivity index (χ2n) is 4.39. The van der Waals surface area contributed by atoms with Crippen LogP contribution in [0.5, 0.6) is 0 Å². The summed E-state index contributed by atoms with van der Waals surface area (Å²) in [5, 5.41) is 1.08. The van der Waals surface area contributed by atoms with E-state index in [0.29, 0.717) is 0 Å². The van der Waals surface area contributed by atoms with Crippen LogP contribution in [0.4, 0.5) is 5.69 Å². The highest BCUT2D eigenvalue weighted by Gasteiger charge is 2.19. The van der Waals surface area contributed by atoms with Gasteiger partial charge in [0.25, 0.3) is 0 Å². The van der Waals surface area contributed by atoms with Gasteiger partial charge in [-0.25, -0.2) is 0 Å². The lowest BCUT2D eigenvalue weighted by Crippen LogP contribution is -2.00. The molecule has 3 heteroatoms. The zero-order chi connectivity index (χ0) is 11.3. The summed E-state index contributed by atoms with van der Waals surface area (Å²) in [4.78, 5) is 4.77. The van der Waals surface area contributed by atoms with Crippen molar-refractivity contribution in [2.24, 2.45) is 0 Å². The molecule has 1 heterocycles. The highest BCUT2D eigenvalue weighted by atomic mass is 79.9. The summed E-state index contributed by atoms with van der Waals surface area (Å²) in [6, 6.07) is 4.14. The van der Waals surface area contributed by atoms with Crippen LogP contribution in [0.15, 0.2) is 16.6 Å². The smallest absolute Gasteiger partial charge is 0.0766 e. The predicted octanol–water partition coefficient (Wildman–Crippen LogP) is 3.38. The van der Waals surface area contributed by atoms with Crippen LogP contribution in [-0.2, 0) is 12.8 Å². The van der Waals surface area contributed by atoms with Crippen LogP contribution >= 0.6 is 15.9 Å². The van der Waals surface area contributed by atoms with Gasteiger partial charge in [0.2, 0.25) is 0 Å². The topological polar surface area (TPSA) is 38.9 Å². The SMILES string of the molecule is Cc1ccc(Br)c2c(N)c3c(nc12)CCC3. The Kier molecular flexibility index (Phi) is 2.18. The Bertz CT molecular complexity index is 590. The van der Waals surface area contributed by atoms with Gasteiger partial charge in [0, 0.05) is 21.2 Å². The average Bonchev–Trinajstić information content (AvgIpc) is 2.72. The normalized spacial score (nSPS) is 14.4. The second kappa shape index (κ2) is 3.45. The van der Waals surface area contributed by atoms with Gasteiger partial charge in [-0.15, -0.1) is 0 Å². The van der Waals surface area contributed by atoms with E-state index in [9.17, 15) is 0 Å². The van der Waals surface area contributed by atoms with Crippen molar-refractivity contribution in [2.45, 2.75) is 26.2 Å². The molecule has 0 aliphatic heterocycles. The summed E-state index contributed by atoms with van der Waals surface area (Å²) in [5.41, 5.74) is 11.9. The van der Waals surface area contributed by atoms with E-state index >= 15 is 0 Å². The van der Waals surface area contributed by atoms with E-state index in [2.05, 4.69) is 35.0 Å². The molecule has 82 valence electrons. The van der Waals surface area contributed by atoms with Gasteiger partial charge in [-0.3, -0.25) is 4.98 Å². The van der Waals surface area contributed by atoms with Gasteiger partial charge < -0.3 is 5.73 Å². The zero-order valence-electron chi connectivity index (χ0n) is 9.18. The maximum Gasteiger partial charge on any atom is 0.0766 e. The monoisotopic (exact) mass is 276 g/mol. The molecule has 0 radical (unpaired) electrons. The van der Waals surface area contributed by atoms with Crippen molar-refractivity contribution in [2.75, 3.05) is 5.73 Å². The van der Waals surface area contributed by atoms with Crippen LogP contribution in [-0.4, -0.2) is 4.98 Å². The Balaban J connectivity index is 2.50. The standard InChI is InChI=1S/C13H13BrN2/c1-7-5-6-9(14)11-12(15)8-3-2-4-10(8)16-13(7)11/h5-6H,2-4H2,1H3,(H2,15,16). The number of hydrogen-bond donors (Lipinski definition) is 1. The van der Waals surface area contributed by atoms with Crippen LogP contribution < -0.4 is 5.73 Å². The minimum absolute atomic E-state index is 0.924. The zero-order valence-corrected chi connectivity index (χ0v) is 10.8. The van der Waals surface area contributed by atoms with Gasteiger partial charge in [0.15, 0.2) is 0 Å². The number of halogens is 1. The first kappa shape index (κ1) is 10.1. The molecular weight excluding hydrogens is 264 g/mol. The Morgan fingerprint density at radius 2 is 2.12 bits per heavy atom. The van der Waals surface area contributed by atoms with Crippen LogP contribution in [0.2, 0.25) is 0 Å². The van der Waals surface area contributed by atoms with E-state index in [1.807, 2.05) is 0 Å². The van der Waals surface area contributed by atoms with Gasteiger partial charge in [-0.1, -0.05) is 22.0 Å². The van der Waals surface area contributed by atoms with E-state index in [-0.39, 0.29) is 0 Å². The summed E-state index contributed by atoms with van der Waals surface area (Å²) in [5.74, 6) is 0. The maximum absolute atomic E-state index is 6.27. The van der Waals surface area contributed by atoms with Crippen LogP contribution in [0.3, 0.4) is 0 Å². The Morgan fingerprint density at radius 1 is 1.31 bits per heavy atom. The third kappa shape index (κ3) is 1.27. The van der Waals surface area contributed by atoms with Crippen LogP contribution in [0, 0.1) is 6.92 Å². The molecular formula is C13H13BrN2. The van der Waals surface area contributed by atoms with Crippen LogP contribution in [0.1, 0.15) is 23.2 Å². The number of rotatable bonds is 0. The van der Waals surface area contributed by atoms with Crippen LogP contribution in [0.25, 0.3) is 10.9 Å². The highest BCUT2D eigenvalue weighted by molar-refractivity contribution is 9.10. The minimum Gasteiger partial charge on any atom is -0.398 e. The molecule has 1 aliphatic rings. The first-order valence-electron chi connectivity index (χ1n) is 5.54. The molecule has 0 saturated carbocycles. The number of aryl methyl sites for hydroxylation is 2. The molecule has 2 N–H and O–H groups in total. The molecule has 0 amide bonds. The van der Waals surface area contributed by atoms with E-state index in [0.717, 1.165) is 33.9 Å². The lowest BCUT2D eigenvalue weighted by Gasteiger charge is -2.11. The van der Waals surface area contributed by atoms with Gasteiger partial charge in [0.1, 0.15) is 0 Å². The van der Waals surface area contributed by atoms with Gasteiger partial charge in [-0.05, 0) is 43.4 Å². The Hall–Kier alpha value is -1.09. The molecule has 0 spiro atoms. The van der Waals surface area contributed by atoms with Crippen molar-refractivity contribution in [3.05, 3.63) is 33.4 Å². The molecule has 1 aromatic carbocycles. The van der Waals surface area contributed by atoms with Crippen molar-refractivity contribution < 1.29 is 0 Å². The number of nitrogen functional groups attached to an aromatic ring is 1. The number of hydrogen-bond acceptors (Lipinski definition) is 2. The molecule has 16 heavy (non-hydrogen) atoms. The molecule has 3 rings (SSSR count). The maximum atomic E-state index is 6.27. The number of nitrogens with zero attached hydrogens (tertiary/aromatic N) is 1. The van der Waals surface area contributed by atoms with Gasteiger partial charge in [0.05, 0.1) is 5.52 Å². The lowest BCUT2D eigenvalue weighted by atomic mass is 10.0. The van der Waals surface area contributed by atoms with Gasteiger partial charge in [-0.2, -0.15) is 0 Å². The largest absolute Gasteiger partial charge is 0.398 e. The number of anilines is 1. The van der Waals surface area contributed by atoms with E-state index < -0.39 is 0 Å². The molecule has 1 aliphatic carbocycles. The average molecular weight is 277 g/mol. The Morgan fingerprint density at radius 3 is 2.94 bits per heavy atom. The molecule has 2 nitrogen and oxygen atoms in total. The lowest BCUT2D eigenvalue weighted by molar-refractivity contribution is 0.901. The molecule has 0 unspecified atom stereocenters. The summed E-state index contributed by atoms with van der Waals surface area (Å²) in [6.45, 7) is 2.09. The van der Waals surface area contributed by atoms with Crippen molar-refractivity contribution in [3.8, 4) is 0 Å².